The second kappa shape index (κ2) is 5.76. The molecule has 2 aromatic heterocycles. The van der Waals surface area contributed by atoms with Crippen molar-refractivity contribution in [1.82, 2.24) is 9.97 Å². The molecule has 6 heteroatoms. The summed E-state index contributed by atoms with van der Waals surface area (Å²) in [6.07, 6.45) is 1.09. The molecule has 0 fully saturated rings. The Hall–Kier alpha value is -1.66. The van der Waals surface area contributed by atoms with E-state index in [-0.39, 0.29) is 0 Å². The standard InChI is InChI=1S/C14H18N4OS/c1-15-12-7-14(17-13(16-12)9-19-2)18-5-3-11-10(8-18)4-6-20-11/h4,6-7H,3,5,8-9H2,1-2H3,(H,15,16,17). The highest BCUT2D eigenvalue weighted by Crippen LogP contribution is 2.27. The molecule has 0 amide bonds. The Morgan fingerprint density at radius 1 is 1.45 bits per heavy atom. The fourth-order valence-electron chi connectivity index (χ4n) is 2.41. The number of hydrogen-bond acceptors (Lipinski definition) is 6. The largest absolute Gasteiger partial charge is 0.377 e. The summed E-state index contributed by atoms with van der Waals surface area (Å²) in [5.41, 5.74) is 1.42. The van der Waals surface area contributed by atoms with Crippen molar-refractivity contribution >= 4 is 23.0 Å². The zero-order chi connectivity index (χ0) is 13.9. The molecule has 0 aliphatic carbocycles. The van der Waals surface area contributed by atoms with Crippen LogP contribution >= 0.6 is 11.3 Å². The maximum Gasteiger partial charge on any atom is 0.158 e. The summed E-state index contributed by atoms with van der Waals surface area (Å²) in [4.78, 5) is 12.8. The van der Waals surface area contributed by atoms with Gasteiger partial charge in [0.05, 0.1) is 0 Å². The molecule has 1 aliphatic rings. The normalized spacial score (nSPS) is 14.2. The summed E-state index contributed by atoms with van der Waals surface area (Å²) in [6, 6.07) is 4.21. The second-order valence-corrected chi connectivity index (χ2v) is 5.75. The van der Waals surface area contributed by atoms with Gasteiger partial charge in [0.2, 0.25) is 0 Å². The van der Waals surface area contributed by atoms with Crippen LogP contribution in [-0.4, -0.2) is 30.7 Å². The van der Waals surface area contributed by atoms with Gasteiger partial charge in [0.15, 0.2) is 5.82 Å². The van der Waals surface area contributed by atoms with Crippen LogP contribution in [0.25, 0.3) is 0 Å². The van der Waals surface area contributed by atoms with Gasteiger partial charge in [0.1, 0.15) is 18.2 Å². The van der Waals surface area contributed by atoms with Crippen molar-refractivity contribution in [3.8, 4) is 0 Å². The molecule has 0 atom stereocenters. The van der Waals surface area contributed by atoms with Crippen molar-refractivity contribution in [3.05, 3.63) is 33.8 Å². The van der Waals surface area contributed by atoms with Crippen LogP contribution in [0.3, 0.4) is 0 Å². The van der Waals surface area contributed by atoms with Gasteiger partial charge in [-0.3, -0.25) is 0 Å². The SMILES string of the molecule is CNc1cc(N2CCc3sccc3C2)nc(COC)n1. The lowest BCUT2D eigenvalue weighted by atomic mass is 10.1. The van der Waals surface area contributed by atoms with Gasteiger partial charge in [-0.1, -0.05) is 0 Å². The third-order valence-corrected chi connectivity index (χ3v) is 4.44. The molecule has 1 N–H and O–H groups in total. The van der Waals surface area contributed by atoms with Gasteiger partial charge in [-0.2, -0.15) is 0 Å². The lowest BCUT2D eigenvalue weighted by Crippen LogP contribution is -2.30. The number of methoxy groups -OCH3 is 1. The average molecular weight is 290 g/mol. The first-order valence-electron chi connectivity index (χ1n) is 6.65. The summed E-state index contributed by atoms with van der Waals surface area (Å²) in [5, 5.41) is 5.26. The van der Waals surface area contributed by atoms with Crippen molar-refractivity contribution < 1.29 is 4.74 Å². The Morgan fingerprint density at radius 2 is 2.35 bits per heavy atom. The molecule has 3 heterocycles. The van der Waals surface area contributed by atoms with Crippen LogP contribution in [0.1, 0.15) is 16.3 Å². The highest BCUT2D eigenvalue weighted by atomic mass is 32.1. The molecule has 20 heavy (non-hydrogen) atoms. The maximum absolute atomic E-state index is 5.14. The van der Waals surface area contributed by atoms with Crippen LogP contribution in [0.15, 0.2) is 17.5 Å². The van der Waals surface area contributed by atoms with Gasteiger partial charge in [-0.25, -0.2) is 9.97 Å². The van der Waals surface area contributed by atoms with E-state index in [9.17, 15) is 0 Å². The molecule has 0 saturated carbocycles. The molecule has 106 valence electrons. The van der Waals surface area contributed by atoms with Crippen molar-refractivity contribution in [1.29, 1.82) is 0 Å². The molecular weight excluding hydrogens is 272 g/mol. The monoisotopic (exact) mass is 290 g/mol. The summed E-state index contributed by atoms with van der Waals surface area (Å²) >= 11 is 1.85. The van der Waals surface area contributed by atoms with Gasteiger partial charge >= 0.3 is 0 Å². The van der Waals surface area contributed by atoms with E-state index >= 15 is 0 Å². The number of anilines is 2. The molecule has 0 spiro atoms. The number of hydrogen-bond donors (Lipinski definition) is 1. The number of rotatable bonds is 4. The number of nitrogens with zero attached hydrogens (tertiary/aromatic N) is 3. The fraction of sp³-hybridized carbons (Fsp3) is 0.429. The van der Waals surface area contributed by atoms with Gasteiger partial charge in [-0.15, -0.1) is 11.3 Å². The molecule has 1 aliphatic heterocycles. The zero-order valence-electron chi connectivity index (χ0n) is 11.7. The molecule has 5 nitrogen and oxygen atoms in total. The van der Waals surface area contributed by atoms with E-state index in [1.165, 1.54) is 10.4 Å². The molecule has 2 aromatic rings. The van der Waals surface area contributed by atoms with E-state index < -0.39 is 0 Å². The molecule has 0 bridgehead atoms. The van der Waals surface area contributed by atoms with Crippen molar-refractivity contribution in [3.63, 3.8) is 0 Å². The van der Waals surface area contributed by atoms with E-state index in [1.807, 2.05) is 24.5 Å². The molecule has 3 rings (SSSR count). The predicted molar refractivity (Wildman–Crippen MR) is 81.4 cm³/mol. The lowest BCUT2D eigenvalue weighted by Gasteiger charge is -2.28. The van der Waals surface area contributed by atoms with Crippen molar-refractivity contribution in [2.45, 2.75) is 19.6 Å². The minimum Gasteiger partial charge on any atom is -0.377 e. The van der Waals surface area contributed by atoms with Crippen LogP contribution in [0.4, 0.5) is 11.6 Å². The van der Waals surface area contributed by atoms with E-state index in [4.69, 9.17) is 4.74 Å². The summed E-state index contributed by atoms with van der Waals surface area (Å²) in [6.45, 7) is 2.35. The van der Waals surface area contributed by atoms with Crippen molar-refractivity contribution in [2.24, 2.45) is 0 Å². The molecule has 0 unspecified atom stereocenters. The van der Waals surface area contributed by atoms with Gasteiger partial charge in [-0.05, 0) is 23.4 Å². The molecule has 0 aromatic carbocycles. The first kappa shape index (κ1) is 13.3. The third-order valence-electron chi connectivity index (χ3n) is 3.42. The average Bonchev–Trinajstić information content (AvgIpc) is 2.94. The number of ether oxygens (including phenoxy) is 1. The fourth-order valence-corrected chi connectivity index (χ4v) is 3.30. The van der Waals surface area contributed by atoms with Crippen LogP contribution in [0.2, 0.25) is 0 Å². The van der Waals surface area contributed by atoms with E-state index in [0.717, 1.165) is 31.1 Å². The summed E-state index contributed by atoms with van der Waals surface area (Å²) in [5.74, 6) is 2.51. The Kier molecular flexibility index (Phi) is 3.84. The van der Waals surface area contributed by atoms with E-state index in [0.29, 0.717) is 12.4 Å². The lowest BCUT2D eigenvalue weighted by molar-refractivity contribution is 0.178. The summed E-state index contributed by atoms with van der Waals surface area (Å²) in [7, 11) is 3.53. The molecule has 0 radical (unpaired) electrons. The third kappa shape index (κ3) is 2.62. The molecular formula is C14H18N4OS. The van der Waals surface area contributed by atoms with E-state index in [2.05, 4.69) is 31.6 Å². The maximum atomic E-state index is 5.14. The first-order chi connectivity index (χ1) is 9.80. The highest BCUT2D eigenvalue weighted by Gasteiger charge is 2.19. The first-order valence-corrected chi connectivity index (χ1v) is 7.53. The Bertz CT molecular complexity index is 599. The zero-order valence-corrected chi connectivity index (χ0v) is 12.5. The Morgan fingerprint density at radius 3 is 3.15 bits per heavy atom. The smallest absolute Gasteiger partial charge is 0.158 e. The quantitative estimate of drug-likeness (QED) is 0.936. The van der Waals surface area contributed by atoms with Crippen LogP contribution in [-0.2, 0) is 24.3 Å². The summed E-state index contributed by atoms with van der Waals surface area (Å²) < 4.78 is 5.14. The molecule has 0 saturated heterocycles. The van der Waals surface area contributed by atoms with E-state index in [1.54, 1.807) is 7.11 Å². The Balaban J connectivity index is 1.88. The van der Waals surface area contributed by atoms with Gasteiger partial charge in [0.25, 0.3) is 0 Å². The van der Waals surface area contributed by atoms with Crippen molar-refractivity contribution in [2.75, 3.05) is 30.9 Å². The number of thiophene rings is 1. The minimum atomic E-state index is 0.431. The Labute approximate surface area is 122 Å². The predicted octanol–water partition coefficient (Wildman–Crippen LogP) is 2.29. The van der Waals surface area contributed by atoms with Crippen LogP contribution < -0.4 is 10.2 Å². The topological polar surface area (TPSA) is 50.3 Å². The van der Waals surface area contributed by atoms with Gasteiger partial charge < -0.3 is 15.0 Å². The van der Waals surface area contributed by atoms with Crippen LogP contribution in [0, 0.1) is 0 Å². The highest BCUT2D eigenvalue weighted by molar-refractivity contribution is 7.10. The van der Waals surface area contributed by atoms with Crippen LogP contribution in [0.5, 0.6) is 0 Å². The second-order valence-electron chi connectivity index (χ2n) is 4.75. The number of nitrogens with one attached hydrogen (secondary N) is 1. The number of aromatic nitrogens is 2. The number of fused-ring (bicyclic) bond motifs is 1. The minimum absolute atomic E-state index is 0.431. The van der Waals surface area contributed by atoms with Gasteiger partial charge in [0, 0.05) is 38.2 Å².